The summed E-state index contributed by atoms with van der Waals surface area (Å²) in [5, 5.41) is 5.28. The number of hydrogen-bond acceptors (Lipinski definition) is 3. The van der Waals surface area contributed by atoms with Crippen molar-refractivity contribution in [1.29, 1.82) is 0 Å². The van der Waals surface area contributed by atoms with Gasteiger partial charge in [-0.3, -0.25) is 9.59 Å². The highest BCUT2D eigenvalue weighted by Crippen LogP contribution is 2.29. The summed E-state index contributed by atoms with van der Waals surface area (Å²) in [5.41, 5.74) is 1.52. The smallest absolute Gasteiger partial charge is 0.272 e. The van der Waals surface area contributed by atoms with Crippen molar-refractivity contribution in [2.24, 2.45) is 11.0 Å². The van der Waals surface area contributed by atoms with E-state index in [1.54, 1.807) is 25.1 Å². The van der Waals surface area contributed by atoms with Gasteiger partial charge in [-0.1, -0.05) is 34.8 Å². The normalized spacial score (nSPS) is 17.9. The number of imide groups is 1. The molecule has 0 bridgehead atoms. The topological polar surface area (TPSA) is 49.7 Å². The Labute approximate surface area is 133 Å². The first kappa shape index (κ1) is 15.7. The SMILES string of the molecule is C=C(C)C[C@@H]1C(=O)N(C(=O)c2c(Cl)cccc2Cl)N=C1C. The molecule has 1 aromatic rings. The summed E-state index contributed by atoms with van der Waals surface area (Å²) in [7, 11) is 0. The molecule has 110 valence electrons. The Morgan fingerprint density at radius 2 is 1.95 bits per heavy atom. The highest BCUT2D eigenvalue weighted by molar-refractivity contribution is 6.40. The van der Waals surface area contributed by atoms with Crippen LogP contribution in [-0.2, 0) is 4.79 Å². The van der Waals surface area contributed by atoms with Gasteiger partial charge in [-0.2, -0.15) is 10.1 Å². The van der Waals surface area contributed by atoms with E-state index in [1.165, 1.54) is 0 Å². The fourth-order valence-corrected chi connectivity index (χ4v) is 2.70. The lowest BCUT2D eigenvalue weighted by atomic mass is 9.97. The molecule has 6 heteroatoms. The molecule has 0 unspecified atom stereocenters. The number of carbonyl (C=O) groups is 2. The van der Waals surface area contributed by atoms with Crippen LogP contribution in [0.5, 0.6) is 0 Å². The second-order valence-corrected chi connectivity index (χ2v) is 5.82. The zero-order chi connectivity index (χ0) is 15.7. The number of amides is 2. The third-order valence-electron chi connectivity index (χ3n) is 3.19. The van der Waals surface area contributed by atoms with Crippen LogP contribution in [-0.4, -0.2) is 22.5 Å². The molecular formula is C15H14Cl2N2O2. The minimum Gasteiger partial charge on any atom is -0.272 e. The van der Waals surface area contributed by atoms with Crippen LogP contribution >= 0.6 is 23.2 Å². The number of hydrogen-bond donors (Lipinski definition) is 0. The van der Waals surface area contributed by atoms with Crippen molar-refractivity contribution in [2.75, 3.05) is 0 Å². The number of nitrogens with zero attached hydrogens (tertiary/aromatic N) is 2. The quantitative estimate of drug-likeness (QED) is 0.624. The van der Waals surface area contributed by atoms with Gasteiger partial charge >= 0.3 is 0 Å². The van der Waals surface area contributed by atoms with E-state index in [0.717, 1.165) is 10.6 Å². The molecule has 0 radical (unpaired) electrons. The Morgan fingerprint density at radius 1 is 1.38 bits per heavy atom. The minimum absolute atomic E-state index is 0.0849. The van der Waals surface area contributed by atoms with E-state index in [9.17, 15) is 9.59 Å². The predicted molar refractivity (Wildman–Crippen MR) is 83.7 cm³/mol. The van der Waals surface area contributed by atoms with Gasteiger partial charge < -0.3 is 0 Å². The maximum atomic E-state index is 12.5. The van der Waals surface area contributed by atoms with Gasteiger partial charge in [0.15, 0.2) is 0 Å². The first-order chi connectivity index (χ1) is 9.82. The molecule has 1 aromatic carbocycles. The molecule has 0 aliphatic carbocycles. The maximum Gasteiger partial charge on any atom is 0.284 e. The van der Waals surface area contributed by atoms with Gasteiger partial charge in [0, 0.05) is 5.71 Å². The summed E-state index contributed by atoms with van der Waals surface area (Å²) < 4.78 is 0. The highest BCUT2D eigenvalue weighted by atomic mass is 35.5. The fourth-order valence-electron chi connectivity index (χ4n) is 2.14. The number of rotatable bonds is 3. The third kappa shape index (κ3) is 3.01. The van der Waals surface area contributed by atoms with E-state index in [4.69, 9.17) is 23.2 Å². The van der Waals surface area contributed by atoms with E-state index in [0.29, 0.717) is 12.1 Å². The molecule has 2 amide bonds. The highest BCUT2D eigenvalue weighted by Gasteiger charge is 2.38. The summed E-state index contributed by atoms with van der Waals surface area (Å²) in [6.45, 7) is 7.34. The van der Waals surface area contributed by atoms with Crippen LogP contribution in [0.3, 0.4) is 0 Å². The van der Waals surface area contributed by atoms with E-state index in [2.05, 4.69) is 11.7 Å². The third-order valence-corrected chi connectivity index (χ3v) is 3.82. The molecule has 2 rings (SSSR count). The van der Waals surface area contributed by atoms with Crippen molar-refractivity contribution < 1.29 is 9.59 Å². The van der Waals surface area contributed by atoms with Gasteiger partial charge in [0.2, 0.25) is 0 Å². The molecule has 1 aliphatic rings. The summed E-state index contributed by atoms with van der Waals surface area (Å²) in [6, 6.07) is 4.72. The van der Waals surface area contributed by atoms with Crippen LogP contribution < -0.4 is 0 Å². The lowest BCUT2D eigenvalue weighted by molar-refractivity contribution is -0.129. The monoisotopic (exact) mass is 324 g/mol. The first-order valence-electron chi connectivity index (χ1n) is 6.34. The average Bonchev–Trinajstić information content (AvgIpc) is 2.66. The summed E-state index contributed by atoms with van der Waals surface area (Å²) in [5.74, 6) is -1.44. The van der Waals surface area contributed by atoms with Crippen molar-refractivity contribution in [3.63, 3.8) is 0 Å². The van der Waals surface area contributed by atoms with Gasteiger partial charge in [0.05, 0.1) is 21.5 Å². The first-order valence-corrected chi connectivity index (χ1v) is 7.10. The molecule has 1 atom stereocenters. The van der Waals surface area contributed by atoms with Gasteiger partial charge in [-0.15, -0.1) is 6.58 Å². The Bertz CT molecular complexity index is 647. The molecular weight excluding hydrogens is 311 g/mol. The summed E-state index contributed by atoms with van der Waals surface area (Å²) >= 11 is 12.0. The van der Waals surface area contributed by atoms with Crippen LogP contribution in [0, 0.1) is 5.92 Å². The molecule has 0 saturated heterocycles. The van der Waals surface area contributed by atoms with Gasteiger partial charge in [0.1, 0.15) is 0 Å². The number of hydrazone groups is 1. The number of halogens is 2. The van der Waals surface area contributed by atoms with Crippen LogP contribution in [0.25, 0.3) is 0 Å². The second kappa shape index (κ2) is 6.00. The summed E-state index contributed by atoms with van der Waals surface area (Å²) in [6.07, 6.45) is 0.466. The molecule has 0 N–H and O–H groups in total. The molecule has 0 saturated carbocycles. The van der Waals surface area contributed by atoms with Crippen LogP contribution in [0.15, 0.2) is 35.5 Å². The average molecular weight is 325 g/mol. The van der Waals surface area contributed by atoms with Crippen molar-refractivity contribution in [3.05, 3.63) is 46.0 Å². The predicted octanol–water partition coefficient (Wildman–Crippen LogP) is 3.93. The Morgan fingerprint density at radius 3 is 2.48 bits per heavy atom. The van der Waals surface area contributed by atoms with Crippen molar-refractivity contribution in [2.45, 2.75) is 20.3 Å². The maximum absolute atomic E-state index is 12.5. The summed E-state index contributed by atoms with van der Waals surface area (Å²) in [4.78, 5) is 24.8. The van der Waals surface area contributed by atoms with E-state index >= 15 is 0 Å². The van der Waals surface area contributed by atoms with Crippen LogP contribution in [0.1, 0.15) is 30.6 Å². The molecule has 0 spiro atoms. The molecule has 1 aliphatic heterocycles. The molecule has 21 heavy (non-hydrogen) atoms. The van der Waals surface area contributed by atoms with Crippen LogP contribution in [0.2, 0.25) is 10.0 Å². The van der Waals surface area contributed by atoms with Crippen molar-refractivity contribution in [1.82, 2.24) is 5.01 Å². The number of benzene rings is 1. The second-order valence-electron chi connectivity index (χ2n) is 5.01. The van der Waals surface area contributed by atoms with E-state index < -0.39 is 11.8 Å². The standard InChI is InChI=1S/C15H14Cl2N2O2/c1-8(2)7-10-9(3)18-19(14(10)20)15(21)13-11(16)5-4-6-12(13)17/h4-6,10H,1,7H2,2-3H3/t10-/m0/s1. The zero-order valence-corrected chi connectivity index (χ0v) is 13.2. The van der Waals surface area contributed by atoms with Crippen LogP contribution in [0.4, 0.5) is 0 Å². The molecule has 4 nitrogen and oxygen atoms in total. The number of carbonyl (C=O) groups excluding carboxylic acids is 2. The Balaban J connectivity index is 2.34. The van der Waals surface area contributed by atoms with E-state index in [1.807, 2.05) is 6.92 Å². The zero-order valence-electron chi connectivity index (χ0n) is 11.7. The Kier molecular flexibility index (Phi) is 4.49. The largest absolute Gasteiger partial charge is 0.284 e. The lowest BCUT2D eigenvalue weighted by Crippen LogP contribution is -2.33. The molecule has 0 fully saturated rings. The Hall–Kier alpha value is -1.65. The molecule has 0 aromatic heterocycles. The molecule has 1 heterocycles. The van der Waals surface area contributed by atoms with Gasteiger partial charge in [-0.25, -0.2) is 0 Å². The number of allylic oxidation sites excluding steroid dienone is 1. The van der Waals surface area contributed by atoms with E-state index in [-0.39, 0.29) is 21.5 Å². The van der Waals surface area contributed by atoms with Crippen molar-refractivity contribution >= 4 is 40.7 Å². The minimum atomic E-state index is -0.612. The van der Waals surface area contributed by atoms with Gasteiger partial charge in [-0.05, 0) is 32.4 Å². The lowest BCUT2D eigenvalue weighted by Gasteiger charge is -2.14. The van der Waals surface area contributed by atoms with Crippen molar-refractivity contribution in [3.8, 4) is 0 Å². The fraction of sp³-hybridized carbons (Fsp3) is 0.267. The van der Waals surface area contributed by atoms with Gasteiger partial charge in [0.25, 0.3) is 11.8 Å².